The number of anilines is 1. The minimum Gasteiger partial charge on any atom is -0.478 e. The van der Waals surface area contributed by atoms with Crippen LogP contribution in [0.3, 0.4) is 0 Å². The van der Waals surface area contributed by atoms with E-state index in [-0.39, 0.29) is 18.7 Å². The molecule has 1 fully saturated rings. The van der Waals surface area contributed by atoms with E-state index in [0.29, 0.717) is 0 Å². The van der Waals surface area contributed by atoms with Gasteiger partial charge in [-0.15, -0.1) is 0 Å². The smallest absolute Gasteiger partial charge is 0.338 e. The van der Waals surface area contributed by atoms with Gasteiger partial charge in [-0.05, 0) is 12.1 Å². The molecule has 0 bridgehead atoms. The highest BCUT2D eigenvalue weighted by Crippen LogP contribution is 2.27. The number of carboxylic acids is 1. The summed E-state index contributed by atoms with van der Waals surface area (Å²) in [6, 6.07) is 1.89. The van der Waals surface area contributed by atoms with Gasteiger partial charge < -0.3 is 15.1 Å². The van der Waals surface area contributed by atoms with Crippen LogP contribution < -0.4 is 4.90 Å². The van der Waals surface area contributed by atoms with E-state index in [4.69, 9.17) is 5.11 Å². The Morgan fingerprint density at radius 2 is 2.00 bits per heavy atom. The number of rotatable bonds is 2. The SMILES string of the molecule is O=C(O)c1ccc(N2CC(O)CC2=O)c(F)c1F. The Hall–Kier alpha value is -2.02. The Bertz CT molecular complexity index is 532. The molecule has 5 nitrogen and oxygen atoms in total. The van der Waals surface area contributed by atoms with Crippen LogP contribution in [0.4, 0.5) is 14.5 Å². The van der Waals surface area contributed by atoms with Crippen LogP contribution in [0.2, 0.25) is 0 Å². The quantitative estimate of drug-likeness (QED) is 0.820. The number of carbonyl (C=O) groups is 2. The van der Waals surface area contributed by atoms with Gasteiger partial charge in [0.15, 0.2) is 11.6 Å². The molecule has 0 aromatic heterocycles. The first kappa shape index (κ1) is 12.4. The summed E-state index contributed by atoms with van der Waals surface area (Å²) in [6.07, 6.45) is -1.10. The molecule has 1 unspecified atom stereocenters. The monoisotopic (exact) mass is 257 g/mol. The molecule has 1 aliphatic rings. The predicted molar refractivity (Wildman–Crippen MR) is 56.3 cm³/mol. The molecule has 0 spiro atoms. The molecule has 2 N–H and O–H groups in total. The number of carbonyl (C=O) groups excluding carboxylic acids is 1. The van der Waals surface area contributed by atoms with Crippen LogP contribution in [-0.2, 0) is 4.79 Å². The van der Waals surface area contributed by atoms with Crippen molar-refractivity contribution in [3.05, 3.63) is 29.3 Å². The maximum absolute atomic E-state index is 13.7. The highest BCUT2D eigenvalue weighted by Gasteiger charge is 2.32. The summed E-state index contributed by atoms with van der Waals surface area (Å²) in [5.74, 6) is -5.05. The number of aliphatic hydroxyl groups is 1. The second-order valence-corrected chi connectivity index (χ2v) is 3.93. The minimum absolute atomic E-state index is 0.137. The van der Waals surface area contributed by atoms with E-state index >= 15 is 0 Å². The van der Waals surface area contributed by atoms with Crippen molar-refractivity contribution >= 4 is 17.6 Å². The largest absolute Gasteiger partial charge is 0.478 e. The lowest BCUT2D eigenvalue weighted by Crippen LogP contribution is -2.26. The highest BCUT2D eigenvalue weighted by molar-refractivity contribution is 5.97. The number of hydrogen-bond acceptors (Lipinski definition) is 3. The van der Waals surface area contributed by atoms with Crippen molar-refractivity contribution in [1.82, 2.24) is 0 Å². The van der Waals surface area contributed by atoms with Crippen LogP contribution in [0.5, 0.6) is 0 Å². The van der Waals surface area contributed by atoms with Gasteiger partial charge in [-0.25, -0.2) is 13.6 Å². The number of hydrogen-bond donors (Lipinski definition) is 2. The first-order chi connectivity index (χ1) is 8.41. The fourth-order valence-electron chi connectivity index (χ4n) is 1.83. The van der Waals surface area contributed by atoms with Crippen molar-refractivity contribution in [2.75, 3.05) is 11.4 Å². The maximum Gasteiger partial charge on any atom is 0.338 e. The molecule has 0 saturated carbocycles. The van der Waals surface area contributed by atoms with Gasteiger partial charge in [0.25, 0.3) is 0 Å². The number of benzene rings is 1. The number of aliphatic hydroxyl groups excluding tert-OH is 1. The number of nitrogens with zero attached hydrogens (tertiary/aromatic N) is 1. The summed E-state index contributed by atoms with van der Waals surface area (Å²) < 4.78 is 27.1. The Balaban J connectivity index is 2.45. The van der Waals surface area contributed by atoms with Crippen molar-refractivity contribution in [2.45, 2.75) is 12.5 Å². The van der Waals surface area contributed by atoms with Crippen LogP contribution in [0, 0.1) is 11.6 Å². The molecule has 1 aromatic carbocycles. The molecule has 18 heavy (non-hydrogen) atoms. The Labute approximate surface area is 100 Å². The summed E-state index contributed by atoms with van der Waals surface area (Å²) in [4.78, 5) is 22.9. The highest BCUT2D eigenvalue weighted by atomic mass is 19.2. The molecule has 1 aliphatic heterocycles. The van der Waals surface area contributed by atoms with Crippen molar-refractivity contribution in [3.8, 4) is 0 Å². The first-order valence-electron chi connectivity index (χ1n) is 5.11. The van der Waals surface area contributed by atoms with Gasteiger partial charge in [0.1, 0.15) is 0 Å². The Kier molecular flexibility index (Phi) is 3.00. The van der Waals surface area contributed by atoms with Crippen molar-refractivity contribution in [2.24, 2.45) is 0 Å². The van der Waals surface area contributed by atoms with Gasteiger partial charge in [0, 0.05) is 0 Å². The Morgan fingerprint density at radius 3 is 2.50 bits per heavy atom. The first-order valence-corrected chi connectivity index (χ1v) is 5.11. The summed E-state index contributed by atoms with van der Waals surface area (Å²) in [5.41, 5.74) is -1.16. The van der Waals surface area contributed by atoms with Crippen LogP contribution in [-0.4, -0.2) is 34.7 Å². The normalized spacial score (nSPS) is 19.4. The number of aromatic carboxylic acids is 1. The lowest BCUT2D eigenvalue weighted by atomic mass is 10.1. The third-order valence-corrected chi connectivity index (χ3v) is 2.69. The molecule has 2 rings (SSSR count). The maximum atomic E-state index is 13.7. The lowest BCUT2D eigenvalue weighted by molar-refractivity contribution is -0.117. The standard InChI is InChI=1S/C11H9F2NO4/c12-9-6(11(17)18)1-2-7(10(9)13)14-4-5(15)3-8(14)16/h1-2,5,15H,3-4H2,(H,17,18). The number of carboxylic acid groups (broad SMARTS) is 1. The summed E-state index contributed by atoms with van der Waals surface area (Å²) in [5, 5.41) is 17.9. The second-order valence-electron chi connectivity index (χ2n) is 3.93. The average molecular weight is 257 g/mol. The molecular weight excluding hydrogens is 248 g/mol. The molecule has 96 valence electrons. The lowest BCUT2D eigenvalue weighted by Gasteiger charge is -2.17. The number of β-amino-alcohol motifs (C(OH)–C–C–N with tert-alkyl or cyclic N) is 1. The molecule has 1 aromatic rings. The van der Waals surface area contributed by atoms with Crippen molar-refractivity contribution < 1.29 is 28.6 Å². The molecule has 1 atom stereocenters. The molecule has 1 amide bonds. The molecule has 7 heteroatoms. The molecule has 1 heterocycles. The molecule has 1 saturated heterocycles. The van der Waals surface area contributed by atoms with E-state index in [2.05, 4.69) is 0 Å². The van der Waals surface area contributed by atoms with Gasteiger partial charge in [-0.1, -0.05) is 0 Å². The van der Waals surface area contributed by atoms with E-state index in [1.807, 2.05) is 0 Å². The summed E-state index contributed by atoms with van der Waals surface area (Å²) >= 11 is 0. The molecule has 0 aliphatic carbocycles. The van der Waals surface area contributed by atoms with Gasteiger partial charge >= 0.3 is 5.97 Å². The third kappa shape index (κ3) is 1.92. The van der Waals surface area contributed by atoms with Gasteiger partial charge in [0.2, 0.25) is 5.91 Å². The second kappa shape index (κ2) is 4.34. The van der Waals surface area contributed by atoms with Crippen LogP contribution in [0.1, 0.15) is 16.8 Å². The zero-order valence-corrected chi connectivity index (χ0v) is 9.06. The minimum atomic E-state index is -1.59. The number of halogens is 2. The van der Waals surface area contributed by atoms with Crippen LogP contribution >= 0.6 is 0 Å². The van der Waals surface area contributed by atoms with Crippen molar-refractivity contribution in [1.29, 1.82) is 0 Å². The van der Waals surface area contributed by atoms with Crippen molar-refractivity contribution in [3.63, 3.8) is 0 Å². The average Bonchev–Trinajstić information content (AvgIpc) is 2.61. The predicted octanol–water partition coefficient (Wildman–Crippen LogP) is 0.761. The van der Waals surface area contributed by atoms with Gasteiger partial charge in [0.05, 0.1) is 30.3 Å². The molecule has 0 radical (unpaired) electrons. The van der Waals surface area contributed by atoms with E-state index < -0.39 is 35.2 Å². The van der Waals surface area contributed by atoms with Crippen LogP contribution in [0.25, 0.3) is 0 Å². The molecular formula is C11H9F2NO4. The fourth-order valence-corrected chi connectivity index (χ4v) is 1.83. The zero-order chi connectivity index (χ0) is 13.4. The van der Waals surface area contributed by atoms with E-state index in [0.717, 1.165) is 17.0 Å². The van der Waals surface area contributed by atoms with E-state index in [9.17, 15) is 23.5 Å². The summed E-state index contributed by atoms with van der Waals surface area (Å²) in [7, 11) is 0. The third-order valence-electron chi connectivity index (χ3n) is 2.69. The Morgan fingerprint density at radius 1 is 1.33 bits per heavy atom. The van der Waals surface area contributed by atoms with Crippen LogP contribution in [0.15, 0.2) is 12.1 Å². The van der Waals surface area contributed by atoms with Gasteiger partial charge in [-0.3, -0.25) is 4.79 Å². The zero-order valence-electron chi connectivity index (χ0n) is 9.06. The fraction of sp³-hybridized carbons (Fsp3) is 0.273. The number of amides is 1. The van der Waals surface area contributed by atoms with E-state index in [1.165, 1.54) is 0 Å². The topological polar surface area (TPSA) is 77.8 Å². The van der Waals surface area contributed by atoms with Gasteiger partial charge in [-0.2, -0.15) is 0 Å². The van der Waals surface area contributed by atoms with E-state index in [1.54, 1.807) is 0 Å². The summed E-state index contributed by atoms with van der Waals surface area (Å²) in [6.45, 7) is -0.137.